The van der Waals surface area contributed by atoms with E-state index >= 15 is 0 Å². The molecule has 0 aliphatic heterocycles. The van der Waals surface area contributed by atoms with E-state index in [0.29, 0.717) is 11.0 Å². The zero-order chi connectivity index (χ0) is 12.9. The van der Waals surface area contributed by atoms with Gasteiger partial charge in [-0.3, -0.25) is 0 Å². The number of halogens is 3. The lowest BCUT2D eigenvalue weighted by Crippen LogP contribution is -2.18. The molecule has 0 aromatic carbocycles. The van der Waals surface area contributed by atoms with Gasteiger partial charge < -0.3 is 10.5 Å². The first kappa shape index (κ1) is 14.0. The molecule has 0 amide bonds. The van der Waals surface area contributed by atoms with E-state index in [9.17, 15) is 13.2 Å². The minimum Gasteiger partial charge on any atom is -0.372 e. The molecule has 0 bridgehead atoms. The molecule has 0 unspecified atom stereocenters. The molecule has 0 fully saturated rings. The molecule has 96 valence electrons. The van der Waals surface area contributed by atoms with Crippen LogP contribution >= 0.6 is 11.8 Å². The van der Waals surface area contributed by atoms with Crippen molar-refractivity contribution >= 4 is 17.7 Å². The quantitative estimate of drug-likeness (QED) is 0.641. The Bertz CT molecular complexity index is 374. The lowest BCUT2D eigenvalue weighted by molar-refractivity contribution is -0.173. The average molecular weight is 268 g/mol. The third-order valence-electron chi connectivity index (χ3n) is 1.60. The molecule has 2 N–H and O–H groups in total. The predicted octanol–water partition coefficient (Wildman–Crippen LogP) is 1.30. The molecular formula is C8H11F3N4OS. The fourth-order valence-corrected chi connectivity index (χ4v) is 1.35. The number of rotatable bonds is 5. The van der Waals surface area contributed by atoms with E-state index in [0.717, 1.165) is 0 Å². The van der Waals surface area contributed by atoms with E-state index in [4.69, 9.17) is 5.73 Å². The zero-order valence-corrected chi connectivity index (χ0v) is 9.81. The molecule has 1 heterocycles. The number of anilines is 1. The first-order chi connectivity index (χ1) is 7.90. The minimum atomic E-state index is -4.32. The van der Waals surface area contributed by atoms with Gasteiger partial charge in [0, 0.05) is 6.42 Å². The minimum absolute atomic E-state index is 0.0511. The Balaban J connectivity index is 2.44. The summed E-state index contributed by atoms with van der Waals surface area (Å²) in [7, 11) is 0. The van der Waals surface area contributed by atoms with Crippen molar-refractivity contribution in [2.24, 2.45) is 0 Å². The van der Waals surface area contributed by atoms with Crippen molar-refractivity contribution < 1.29 is 17.9 Å². The number of nitrogens with two attached hydrogens (primary N) is 1. The molecule has 0 radical (unpaired) electrons. The van der Waals surface area contributed by atoms with E-state index < -0.39 is 12.8 Å². The zero-order valence-electron chi connectivity index (χ0n) is 8.99. The molecule has 0 spiro atoms. The van der Waals surface area contributed by atoms with Gasteiger partial charge in [0.25, 0.3) is 0 Å². The maximum Gasteiger partial charge on any atom is 0.411 e. The summed E-state index contributed by atoms with van der Waals surface area (Å²) < 4.78 is 39.8. The fourth-order valence-electron chi connectivity index (χ4n) is 0.970. The highest BCUT2D eigenvalue weighted by Gasteiger charge is 2.27. The largest absolute Gasteiger partial charge is 0.411 e. The number of hydrogen-bond donors (Lipinski definition) is 1. The van der Waals surface area contributed by atoms with E-state index in [1.54, 1.807) is 6.26 Å². The maximum atomic E-state index is 11.8. The van der Waals surface area contributed by atoms with Crippen molar-refractivity contribution in [3.63, 3.8) is 0 Å². The highest BCUT2D eigenvalue weighted by molar-refractivity contribution is 7.98. The number of nitrogens with zero attached hydrogens (tertiary/aromatic N) is 3. The van der Waals surface area contributed by atoms with E-state index in [1.807, 2.05) is 0 Å². The van der Waals surface area contributed by atoms with E-state index in [1.165, 1.54) is 11.8 Å². The van der Waals surface area contributed by atoms with Crippen LogP contribution in [0.1, 0.15) is 5.82 Å². The fraction of sp³-hybridized carbons (Fsp3) is 0.625. The number of thioether (sulfide) groups is 1. The summed E-state index contributed by atoms with van der Waals surface area (Å²) in [5.74, 6) is 0.374. The van der Waals surface area contributed by atoms with Gasteiger partial charge in [-0.05, 0) is 6.26 Å². The van der Waals surface area contributed by atoms with Crippen molar-refractivity contribution in [3.8, 4) is 0 Å². The van der Waals surface area contributed by atoms with Crippen molar-refractivity contribution in [2.75, 3.05) is 25.2 Å². The smallest absolute Gasteiger partial charge is 0.372 e. The van der Waals surface area contributed by atoms with Gasteiger partial charge in [-0.1, -0.05) is 11.8 Å². The van der Waals surface area contributed by atoms with Crippen LogP contribution in [0.15, 0.2) is 5.16 Å². The van der Waals surface area contributed by atoms with Gasteiger partial charge in [0.15, 0.2) is 5.16 Å². The molecule has 1 aromatic heterocycles. The summed E-state index contributed by atoms with van der Waals surface area (Å²) >= 11 is 1.28. The number of nitrogen functional groups attached to an aromatic ring is 1. The highest BCUT2D eigenvalue weighted by Crippen LogP contribution is 2.14. The first-order valence-electron chi connectivity index (χ1n) is 4.59. The molecule has 0 aliphatic rings. The van der Waals surface area contributed by atoms with Crippen LogP contribution in [-0.2, 0) is 11.2 Å². The van der Waals surface area contributed by atoms with Crippen molar-refractivity contribution in [1.82, 2.24) is 15.0 Å². The predicted molar refractivity (Wildman–Crippen MR) is 56.6 cm³/mol. The molecule has 1 aromatic rings. The van der Waals surface area contributed by atoms with Gasteiger partial charge in [0.2, 0.25) is 5.95 Å². The van der Waals surface area contributed by atoms with Crippen LogP contribution in [0.3, 0.4) is 0 Å². The second-order valence-electron chi connectivity index (χ2n) is 3.01. The van der Waals surface area contributed by atoms with Gasteiger partial charge in [0.1, 0.15) is 12.4 Å². The van der Waals surface area contributed by atoms with Gasteiger partial charge in [-0.15, -0.1) is 0 Å². The lowest BCUT2D eigenvalue weighted by atomic mass is 10.4. The molecule has 17 heavy (non-hydrogen) atoms. The second kappa shape index (κ2) is 6.01. The van der Waals surface area contributed by atoms with Crippen LogP contribution in [0.5, 0.6) is 0 Å². The van der Waals surface area contributed by atoms with Gasteiger partial charge in [0.05, 0.1) is 6.61 Å². The number of hydrogen-bond acceptors (Lipinski definition) is 6. The average Bonchev–Trinajstić information content (AvgIpc) is 2.22. The second-order valence-corrected chi connectivity index (χ2v) is 3.79. The molecule has 1 rings (SSSR count). The lowest BCUT2D eigenvalue weighted by Gasteiger charge is -2.07. The normalized spacial score (nSPS) is 11.8. The summed E-state index contributed by atoms with van der Waals surface area (Å²) in [5, 5.41) is 0.434. The molecule has 5 nitrogen and oxygen atoms in total. The molecule has 0 saturated heterocycles. The summed E-state index contributed by atoms with van der Waals surface area (Å²) in [6.07, 6.45) is -2.39. The van der Waals surface area contributed by atoms with Crippen LogP contribution < -0.4 is 5.73 Å². The third kappa shape index (κ3) is 5.68. The summed E-state index contributed by atoms with van der Waals surface area (Å²) in [6, 6.07) is 0. The van der Waals surface area contributed by atoms with E-state index in [-0.39, 0.29) is 19.0 Å². The van der Waals surface area contributed by atoms with Crippen molar-refractivity contribution in [2.45, 2.75) is 17.8 Å². The summed E-state index contributed by atoms with van der Waals surface area (Å²) in [6.45, 7) is -1.39. The Labute approximate surface area is 100.0 Å². The topological polar surface area (TPSA) is 73.9 Å². The Hall–Kier alpha value is -1.09. The van der Waals surface area contributed by atoms with Gasteiger partial charge in [-0.25, -0.2) is 4.98 Å². The van der Waals surface area contributed by atoms with Gasteiger partial charge in [-0.2, -0.15) is 23.1 Å². The molecule has 0 atom stereocenters. The molecule has 0 saturated carbocycles. The van der Waals surface area contributed by atoms with Crippen LogP contribution in [-0.4, -0.2) is 40.6 Å². The Morgan fingerprint density at radius 1 is 1.29 bits per heavy atom. The van der Waals surface area contributed by atoms with Crippen LogP contribution in [0.4, 0.5) is 19.1 Å². The van der Waals surface area contributed by atoms with Crippen LogP contribution in [0, 0.1) is 0 Å². The number of aromatic nitrogens is 3. The van der Waals surface area contributed by atoms with Gasteiger partial charge >= 0.3 is 6.18 Å². The number of alkyl halides is 3. The van der Waals surface area contributed by atoms with Crippen molar-refractivity contribution in [1.29, 1.82) is 0 Å². The number of ether oxygens (including phenoxy) is 1. The first-order valence-corrected chi connectivity index (χ1v) is 5.82. The molecule has 0 aliphatic carbocycles. The van der Waals surface area contributed by atoms with Crippen LogP contribution in [0.2, 0.25) is 0 Å². The molecule has 9 heteroatoms. The standard InChI is InChI=1S/C8H11F3N4OS/c1-17-7-14-5(13-6(12)15-7)2-3-16-4-8(9,10)11/h2-4H2,1H3,(H2,12,13,14,15). The Kier molecular flexibility index (Phi) is 4.94. The Morgan fingerprint density at radius 2 is 2.00 bits per heavy atom. The molecular weight excluding hydrogens is 257 g/mol. The van der Waals surface area contributed by atoms with Crippen molar-refractivity contribution in [3.05, 3.63) is 5.82 Å². The highest BCUT2D eigenvalue weighted by atomic mass is 32.2. The maximum absolute atomic E-state index is 11.8. The van der Waals surface area contributed by atoms with Crippen LogP contribution in [0.25, 0.3) is 0 Å². The summed E-state index contributed by atoms with van der Waals surface area (Å²) in [4.78, 5) is 11.6. The SMILES string of the molecule is CSc1nc(N)nc(CCOCC(F)(F)F)n1. The van der Waals surface area contributed by atoms with E-state index in [2.05, 4.69) is 19.7 Å². The third-order valence-corrected chi connectivity index (χ3v) is 2.14. The Morgan fingerprint density at radius 3 is 2.59 bits per heavy atom. The monoisotopic (exact) mass is 268 g/mol. The summed E-state index contributed by atoms with van der Waals surface area (Å²) in [5.41, 5.74) is 5.41.